The van der Waals surface area contributed by atoms with Crippen molar-refractivity contribution in [1.82, 2.24) is 9.97 Å². The first kappa shape index (κ1) is 13.7. The fourth-order valence-electron chi connectivity index (χ4n) is 1.31. The lowest BCUT2D eigenvalue weighted by atomic mass is 10.3. The fourth-order valence-corrected chi connectivity index (χ4v) is 1.45. The van der Waals surface area contributed by atoms with Crippen LogP contribution in [0, 0.1) is 0 Å². The molecule has 0 bridgehead atoms. The van der Waals surface area contributed by atoms with E-state index in [1.54, 1.807) is 0 Å². The van der Waals surface area contributed by atoms with Gasteiger partial charge in [-0.05, 0) is 0 Å². The highest BCUT2D eigenvalue weighted by molar-refractivity contribution is 7.80. The highest BCUT2D eigenvalue weighted by Crippen LogP contribution is 2.15. The van der Waals surface area contributed by atoms with Crippen molar-refractivity contribution in [3.8, 4) is 0 Å². The molecule has 1 rings (SSSR count). The average molecular weight is 262 g/mol. The molecule has 0 atom stereocenters. The predicted octanol–water partition coefficient (Wildman–Crippen LogP) is 0.175. The number of nitrogens with two attached hydrogens (primary N) is 1. The Labute approximate surface area is 102 Å². The van der Waals surface area contributed by atoms with Gasteiger partial charge in [-0.3, -0.25) is 0 Å². The van der Waals surface area contributed by atoms with Crippen LogP contribution < -0.4 is 10.6 Å². The molecule has 0 saturated carbocycles. The number of rotatable bonds is 6. The fraction of sp³-hybridized carbons (Fsp3) is 0.444. The van der Waals surface area contributed by atoms with E-state index in [0.29, 0.717) is 0 Å². The second-order valence-electron chi connectivity index (χ2n) is 3.15. The van der Waals surface area contributed by atoms with Crippen molar-refractivity contribution < 1.29 is 13.9 Å². The van der Waals surface area contributed by atoms with E-state index in [1.165, 1.54) is 17.3 Å². The van der Waals surface area contributed by atoms with Crippen molar-refractivity contribution in [3.63, 3.8) is 0 Å². The third-order valence-corrected chi connectivity index (χ3v) is 2.13. The Balaban J connectivity index is 3.04. The quantitative estimate of drug-likeness (QED) is 0.712. The molecular formula is C9H12F2N4OS. The Morgan fingerprint density at radius 2 is 2.12 bits per heavy atom. The van der Waals surface area contributed by atoms with E-state index in [0.717, 1.165) is 0 Å². The zero-order chi connectivity index (χ0) is 12.8. The minimum absolute atomic E-state index is 0.0125. The van der Waals surface area contributed by atoms with Gasteiger partial charge in [0.25, 0.3) is 6.43 Å². The summed E-state index contributed by atoms with van der Waals surface area (Å²) in [6, 6.07) is 0. The third kappa shape index (κ3) is 3.82. The van der Waals surface area contributed by atoms with E-state index in [1.807, 2.05) is 0 Å². The average Bonchev–Trinajstić information content (AvgIpc) is 2.28. The minimum Gasteiger partial charge on any atom is -0.395 e. The molecule has 3 N–H and O–H groups in total. The number of hydrogen-bond acceptors (Lipinski definition) is 5. The minimum atomic E-state index is -2.55. The van der Waals surface area contributed by atoms with Crippen LogP contribution in [-0.4, -0.2) is 46.2 Å². The molecule has 17 heavy (non-hydrogen) atoms. The number of aliphatic hydroxyl groups excluding tert-OH is 1. The van der Waals surface area contributed by atoms with E-state index in [2.05, 4.69) is 9.97 Å². The van der Waals surface area contributed by atoms with Crippen LogP contribution >= 0.6 is 12.2 Å². The first-order valence-electron chi connectivity index (χ1n) is 4.81. The van der Waals surface area contributed by atoms with Gasteiger partial charge in [0.15, 0.2) is 5.82 Å². The van der Waals surface area contributed by atoms with Gasteiger partial charge in [-0.2, -0.15) is 0 Å². The third-order valence-electron chi connectivity index (χ3n) is 1.94. The molecule has 0 radical (unpaired) electrons. The maximum Gasteiger partial charge on any atom is 0.255 e. The van der Waals surface area contributed by atoms with Crippen molar-refractivity contribution in [2.24, 2.45) is 5.73 Å². The first-order valence-corrected chi connectivity index (χ1v) is 5.21. The number of hydrogen-bond donors (Lipinski definition) is 2. The molecule has 1 aromatic heterocycles. The van der Waals surface area contributed by atoms with Crippen LogP contribution in [0.1, 0.15) is 5.69 Å². The van der Waals surface area contributed by atoms with E-state index in [9.17, 15) is 8.78 Å². The molecule has 0 fully saturated rings. The smallest absolute Gasteiger partial charge is 0.255 e. The molecule has 0 spiro atoms. The normalized spacial score (nSPS) is 10.6. The summed E-state index contributed by atoms with van der Waals surface area (Å²) in [6.45, 7) is -0.826. The number of aromatic nitrogens is 2. The van der Waals surface area contributed by atoms with Crippen LogP contribution in [0.2, 0.25) is 0 Å². The summed E-state index contributed by atoms with van der Waals surface area (Å²) in [5.74, 6) is 0.161. The lowest BCUT2D eigenvalue weighted by Gasteiger charge is -2.23. The summed E-state index contributed by atoms with van der Waals surface area (Å²) in [7, 11) is 0. The van der Waals surface area contributed by atoms with Crippen LogP contribution in [0.15, 0.2) is 12.4 Å². The Morgan fingerprint density at radius 1 is 1.47 bits per heavy atom. The summed E-state index contributed by atoms with van der Waals surface area (Å²) < 4.78 is 24.8. The van der Waals surface area contributed by atoms with Gasteiger partial charge >= 0.3 is 0 Å². The summed E-state index contributed by atoms with van der Waals surface area (Å²) >= 11 is 4.77. The molecule has 0 amide bonds. The standard InChI is InChI=1S/C9H12F2N4OS/c10-6(11)5-15(3-4-16)9-7(8(12)17)13-1-2-14-9/h1-2,6,16H,3-5H2,(H2,12,17). The van der Waals surface area contributed by atoms with Crippen molar-refractivity contribution >= 4 is 23.0 Å². The van der Waals surface area contributed by atoms with Crippen LogP contribution in [0.5, 0.6) is 0 Å². The van der Waals surface area contributed by atoms with Gasteiger partial charge in [0.1, 0.15) is 10.7 Å². The van der Waals surface area contributed by atoms with Crippen molar-refractivity contribution in [2.45, 2.75) is 6.43 Å². The number of aliphatic hydroxyl groups is 1. The Kier molecular flexibility index (Phi) is 5.11. The van der Waals surface area contributed by atoms with Crippen molar-refractivity contribution in [2.75, 3.05) is 24.6 Å². The molecule has 1 aromatic rings. The molecule has 5 nitrogen and oxygen atoms in total. The summed E-state index contributed by atoms with van der Waals surface area (Å²) in [5.41, 5.74) is 5.61. The summed E-state index contributed by atoms with van der Waals surface area (Å²) in [6.07, 6.45) is 0.174. The maximum atomic E-state index is 12.4. The number of thiocarbonyl (C=S) groups is 1. The van der Waals surface area contributed by atoms with E-state index in [-0.39, 0.29) is 29.7 Å². The van der Waals surface area contributed by atoms with Gasteiger partial charge < -0.3 is 15.7 Å². The zero-order valence-corrected chi connectivity index (χ0v) is 9.70. The monoisotopic (exact) mass is 262 g/mol. The number of nitrogens with zero attached hydrogens (tertiary/aromatic N) is 3. The maximum absolute atomic E-state index is 12.4. The molecule has 1 heterocycles. The lowest BCUT2D eigenvalue weighted by Crippen LogP contribution is -2.34. The molecule has 0 aliphatic heterocycles. The molecule has 0 saturated heterocycles. The van der Waals surface area contributed by atoms with Crippen molar-refractivity contribution in [1.29, 1.82) is 0 Å². The highest BCUT2D eigenvalue weighted by atomic mass is 32.1. The molecular weight excluding hydrogens is 250 g/mol. The van der Waals surface area contributed by atoms with Crippen LogP contribution in [0.4, 0.5) is 14.6 Å². The summed E-state index contributed by atoms with van der Waals surface area (Å²) in [5, 5.41) is 8.84. The molecule has 0 aromatic carbocycles. The molecule has 8 heteroatoms. The van der Waals surface area contributed by atoms with E-state index >= 15 is 0 Å². The molecule has 0 aliphatic carbocycles. The number of alkyl halides is 2. The van der Waals surface area contributed by atoms with Gasteiger partial charge in [0, 0.05) is 18.9 Å². The topological polar surface area (TPSA) is 75.3 Å². The van der Waals surface area contributed by atoms with Crippen LogP contribution in [0.3, 0.4) is 0 Å². The Hall–Kier alpha value is -1.41. The Morgan fingerprint density at radius 3 is 2.65 bits per heavy atom. The first-order chi connectivity index (χ1) is 8.06. The largest absolute Gasteiger partial charge is 0.395 e. The van der Waals surface area contributed by atoms with E-state index < -0.39 is 13.0 Å². The lowest BCUT2D eigenvalue weighted by molar-refractivity contribution is 0.152. The number of anilines is 1. The van der Waals surface area contributed by atoms with Gasteiger partial charge in [-0.1, -0.05) is 12.2 Å². The van der Waals surface area contributed by atoms with E-state index in [4.69, 9.17) is 23.1 Å². The molecule has 94 valence electrons. The summed E-state index contributed by atoms with van der Waals surface area (Å²) in [4.78, 5) is 8.99. The predicted molar refractivity (Wildman–Crippen MR) is 63.2 cm³/mol. The van der Waals surface area contributed by atoms with Crippen LogP contribution in [-0.2, 0) is 0 Å². The SMILES string of the molecule is NC(=S)c1nccnc1N(CCO)CC(F)F. The zero-order valence-electron chi connectivity index (χ0n) is 8.88. The second-order valence-corrected chi connectivity index (χ2v) is 3.59. The van der Waals surface area contributed by atoms with Crippen molar-refractivity contribution in [3.05, 3.63) is 18.1 Å². The van der Waals surface area contributed by atoms with Gasteiger partial charge in [-0.15, -0.1) is 0 Å². The van der Waals surface area contributed by atoms with Gasteiger partial charge in [0.2, 0.25) is 0 Å². The van der Waals surface area contributed by atoms with Gasteiger partial charge in [0.05, 0.1) is 13.2 Å². The molecule has 0 unspecified atom stereocenters. The Bertz CT molecular complexity index is 391. The number of halogens is 2. The molecule has 0 aliphatic rings. The second kappa shape index (κ2) is 6.36. The van der Waals surface area contributed by atoms with Crippen LogP contribution in [0.25, 0.3) is 0 Å². The highest BCUT2D eigenvalue weighted by Gasteiger charge is 2.18. The van der Waals surface area contributed by atoms with Gasteiger partial charge in [-0.25, -0.2) is 18.7 Å².